The molecule has 2 amide bonds. The Morgan fingerprint density at radius 3 is 2.81 bits per heavy atom. The SMILES string of the molecule is COCCN1C(=O)S/C(=C\c2ccc(-c3ccc(Cl)c([N+](=O)[O-])c3)o2)C1=O. The molecule has 0 bridgehead atoms. The van der Waals surface area contributed by atoms with Crippen molar-refractivity contribution in [3.8, 4) is 11.3 Å². The van der Waals surface area contributed by atoms with E-state index in [-0.39, 0.29) is 34.0 Å². The summed E-state index contributed by atoms with van der Waals surface area (Å²) in [7, 11) is 1.49. The molecular weight excluding hydrogens is 396 g/mol. The van der Waals surface area contributed by atoms with Gasteiger partial charge < -0.3 is 9.15 Å². The molecule has 0 spiro atoms. The van der Waals surface area contributed by atoms with Gasteiger partial charge in [-0.1, -0.05) is 11.6 Å². The van der Waals surface area contributed by atoms with Crippen LogP contribution in [0, 0.1) is 10.1 Å². The van der Waals surface area contributed by atoms with Crippen LogP contribution in [-0.4, -0.2) is 41.2 Å². The van der Waals surface area contributed by atoms with Crippen LogP contribution in [0.1, 0.15) is 5.76 Å². The molecule has 3 rings (SSSR count). The highest BCUT2D eigenvalue weighted by Gasteiger charge is 2.34. The topological polar surface area (TPSA) is 103 Å². The van der Waals surface area contributed by atoms with Gasteiger partial charge in [0.05, 0.1) is 23.0 Å². The summed E-state index contributed by atoms with van der Waals surface area (Å²) in [5, 5.41) is 10.7. The van der Waals surface area contributed by atoms with Gasteiger partial charge in [-0.05, 0) is 36.0 Å². The van der Waals surface area contributed by atoms with Gasteiger partial charge in [-0.15, -0.1) is 0 Å². The molecule has 1 aromatic heterocycles. The van der Waals surface area contributed by atoms with E-state index in [1.165, 1.54) is 25.3 Å². The van der Waals surface area contributed by atoms with E-state index in [0.717, 1.165) is 16.7 Å². The summed E-state index contributed by atoms with van der Waals surface area (Å²) in [6.45, 7) is 0.432. The summed E-state index contributed by atoms with van der Waals surface area (Å²) >= 11 is 6.63. The van der Waals surface area contributed by atoms with E-state index >= 15 is 0 Å². The molecule has 2 aromatic rings. The molecule has 1 saturated heterocycles. The first-order valence-electron chi connectivity index (χ1n) is 7.69. The Balaban J connectivity index is 1.84. The van der Waals surface area contributed by atoms with Crippen LogP contribution in [-0.2, 0) is 9.53 Å². The number of methoxy groups -OCH3 is 1. The fourth-order valence-electron chi connectivity index (χ4n) is 2.40. The zero-order valence-electron chi connectivity index (χ0n) is 14.0. The standard InChI is InChI=1S/C17H13ClN2O6S/c1-25-7-6-19-16(21)15(27-17(19)22)9-11-3-5-14(26-11)10-2-4-12(18)13(8-10)20(23)24/h2-5,8-9H,6-7H2,1H3/b15-9-. The average molecular weight is 409 g/mol. The molecule has 2 heterocycles. The van der Waals surface area contributed by atoms with E-state index in [2.05, 4.69) is 0 Å². The minimum atomic E-state index is -0.578. The van der Waals surface area contributed by atoms with Gasteiger partial charge in [-0.25, -0.2) is 0 Å². The summed E-state index contributed by atoms with van der Waals surface area (Å²) in [4.78, 5) is 36.0. The van der Waals surface area contributed by atoms with E-state index in [9.17, 15) is 19.7 Å². The Bertz CT molecular complexity index is 955. The summed E-state index contributed by atoms with van der Waals surface area (Å²) < 4.78 is 10.5. The van der Waals surface area contributed by atoms with Crippen molar-refractivity contribution in [1.82, 2.24) is 4.90 Å². The Hall–Kier alpha value is -2.62. The van der Waals surface area contributed by atoms with Gasteiger partial charge in [-0.2, -0.15) is 0 Å². The van der Waals surface area contributed by atoms with E-state index < -0.39 is 10.8 Å². The summed E-state index contributed by atoms with van der Waals surface area (Å²) in [6.07, 6.45) is 1.46. The number of ether oxygens (including phenoxy) is 1. The third kappa shape index (κ3) is 4.05. The minimum absolute atomic E-state index is 0.0280. The molecule has 10 heteroatoms. The number of carbonyl (C=O) groups is 2. The second kappa shape index (κ2) is 7.95. The van der Waals surface area contributed by atoms with Gasteiger partial charge in [0.1, 0.15) is 16.5 Å². The Morgan fingerprint density at radius 2 is 2.11 bits per heavy atom. The highest BCUT2D eigenvalue weighted by Crippen LogP contribution is 2.34. The molecular formula is C17H13ClN2O6S. The van der Waals surface area contributed by atoms with Crippen LogP contribution in [0.4, 0.5) is 10.5 Å². The van der Waals surface area contributed by atoms with Gasteiger partial charge in [0, 0.05) is 24.8 Å². The maximum Gasteiger partial charge on any atom is 0.293 e. The van der Waals surface area contributed by atoms with Crippen molar-refractivity contribution in [3.05, 3.63) is 56.1 Å². The predicted octanol–water partition coefficient (Wildman–Crippen LogP) is 4.19. The molecule has 0 N–H and O–H groups in total. The maximum absolute atomic E-state index is 12.3. The number of hydrogen-bond acceptors (Lipinski definition) is 7. The van der Waals surface area contributed by atoms with Crippen LogP contribution in [0.3, 0.4) is 0 Å². The molecule has 0 saturated carbocycles. The van der Waals surface area contributed by atoms with Gasteiger partial charge in [0.2, 0.25) is 0 Å². The zero-order valence-corrected chi connectivity index (χ0v) is 15.6. The lowest BCUT2D eigenvalue weighted by Crippen LogP contribution is -2.31. The van der Waals surface area contributed by atoms with Crippen molar-refractivity contribution in [2.75, 3.05) is 20.3 Å². The van der Waals surface area contributed by atoms with Crippen LogP contribution < -0.4 is 0 Å². The first kappa shape index (κ1) is 19.2. The smallest absolute Gasteiger partial charge is 0.293 e. The molecule has 0 aliphatic carbocycles. The Kier molecular flexibility index (Phi) is 5.64. The number of carbonyl (C=O) groups excluding carboxylic acids is 2. The highest BCUT2D eigenvalue weighted by molar-refractivity contribution is 8.18. The number of nitro benzene ring substituents is 1. The van der Waals surface area contributed by atoms with E-state index in [4.69, 9.17) is 20.8 Å². The lowest BCUT2D eigenvalue weighted by molar-refractivity contribution is -0.384. The first-order valence-corrected chi connectivity index (χ1v) is 8.88. The quantitative estimate of drug-likeness (QED) is 0.401. The fraction of sp³-hybridized carbons (Fsp3) is 0.176. The number of rotatable bonds is 6. The molecule has 0 radical (unpaired) electrons. The lowest BCUT2D eigenvalue weighted by Gasteiger charge is -2.10. The number of nitrogens with zero attached hydrogens (tertiary/aromatic N) is 2. The zero-order chi connectivity index (χ0) is 19.6. The molecule has 8 nitrogen and oxygen atoms in total. The molecule has 1 aliphatic rings. The van der Waals surface area contributed by atoms with Gasteiger partial charge in [-0.3, -0.25) is 24.6 Å². The van der Waals surface area contributed by atoms with Crippen LogP contribution in [0.5, 0.6) is 0 Å². The highest BCUT2D eigenvalue weighted by atomic mass is 35.5. The molecule has 1 fully saturated rings. The number of imide groups is 1. The fourth-order valence-corrected chi connectivity index (χ4v) is 3.43. The van der Waals surface area contributed by atoms with Crippen LogP contribution in [0.25, 0.3) is 17.4 Å². The number of halogens is 1. The minimum Gasteiger partial charge on any atom is -0.457 e. The van der Waals surface area contributed by atoms with E-state index in [1.54, 1.807) is 18.2 Å². The number of nitro groups is 1. The summed E-state index contributed by atoms with van der Waals surface area (Å²) in [5.74, 6) is 0.307. The largest absolute Gasteiger partial charge is 0.457 e. The van der Waals surface area contributed by atoms with E-state index in [1.807, 2.05) is 0 Å². The van der Waals surface area contributed by atoms with Gasteiger partial charge in [0.25, 0.3) is 16.8 Å². The summed E-state index contributed by atoms with van der Waals surface area (Å²) in [5.41, 5.74) is 0.241. The lowest BCUT2D eigenvalue weighted by atomic mass is 10.1. The number of thioether (sulfide) groups is 1. The maximum atomic E-state index is 12.3. The molecule has 1 aromatic carbocycles. The van der Waals surface area contributed by atoms with Gasteiger partial charge in [0.15, 0.2) is 0 Å². The average Bonchev–Trinajstić information content (AvgIpc) is 3.19. The van der Waals surface area contributed by atoms with Crippen LogP contribution in [0.15, 0.2) is 39.7 Å². The van der Waals surface area contributed by atoms with Crippen LogP contribution >= 0.6 is 23.4 Å². The summed E-state index contributed by atoms with van der Waals surface area (Å²) in [6, 6.07) is 7.55. The van der Waals surface area contributed by atoms with E-state index in [0.29, 0.717) is 17.1 Å². The normalized spacial score (nSPS) is 15.8. The third-order valence-electron chi connectivity index (χ3n) is 3.72. The molecule has 0 atom stereocenters. The number of benzene rings is 1. The third-order valence-corrected chi connectivity index (χ3v) is 4.95. The number of hydrogen-bond donors (Lipinski definition) is 0. The number of amides is 2. The van der Waals surface area contributed by atoms with Crippen molar-refractivity contribution in [2.24, 2.45) is 0 Å². The Morgan fingerprint density at radius 1 is 1.33 bits per heavy atom. The second-order valence-electron chi connectivity index (χ2n) is 5.45. The van der Waals surface area contributed by atoms with Crippen molar-refractivity contribution in [1.29, 1.82) is 0 Å². The van der Waals surface area contributed by atoms with Crippen LogP contribution in [0.2, 0.25) is 5.02 Å². The van der Waals surface area contributed by atoms with Crippen molar-refractivity contribution in [3.63, 3.8) is 0 Å². The molecule has 1 aliphatic heterocycles. The van der Waals surface area contributed by atoms with Gasteiger partial charge >= 0.3 is 0 Å². The molecule has 0 unspecified atom stereocenters. The monoisotopic (exact) mass is 408 g/mol. The predicted molar refractivity (Wildman–Crippen MR) is 100 cm³/mol. The van der Waals surface area contributed by atoms with Crippen molar-refractivity contribution >= 4 is 46.3 Å². The number of furan rings is 1. The molecule has 27 heavy (non-hydrogen) atoms. The Labute approximate surface area is 162 Å². The second-order valence-corrected chi connectivity index (χ2v) is 6.85. The first-order chi connectivity index (χ1) is 12.9. The molecule has 140 valence electrons. The van der Waals surface area contributed by atoms with Crippen molar-refractivity contribution < 1.29 is 23.7 Å². The van der Waals surface area contributed by atoms with Crippen molar-refractivity contribution in [2.45, 2.75) is 0 Å².